The summed E-state index contributed by atoms with van der Waals surface area (Å²) in [5.74, 6) is -0.368. The maximum atomic E-state index is 12.2. The van der Waals surface area contributed by atoms with Crippen molar-refractivity contribution in [3.63, 3.8) is 0 Å². The minimum Gasteiger partial charge on any atom is -0.453 e. The molecule has 1 heterocycles. The van der Waals surface area contributed by atoms with Crippen molar-refractivity contribution in [1.82, 2.24) is 4.98 Å². The van der Waals surface area contributed by atoms with Crippen LogP contribution in [-0.4, -0.2) is 11.0 Å². The van der Waals surface area contributed by atoms with Crippen LogP contribution in [0.1, 0.15) is 40.6 Å². The van der Waals surface area contributed by atoms with Gasteiger partial charge in [-0.25, -0.2) is 9.78 Å². The van der Waals surface area contributed by atoms with Crippen molar-refractivity contribution in [3.05, 3.63) is 63.9 Å². The maximum Gasteiger partial charge on any atom is 0.357 e. The summed E-state index contributed by atoms with van der Waals surface area (Å²) in [5.41, 5.74) is 2.74. The normalized spacial score (nSPS) is 17.4. The molecule has 4 heteroatoms. The molecule has 0 radical (unpaired) electrons. The molecule has 1 atom stereocenters. The first kappa shape index (κ1) is 13.3. The summed E-state index contributed by atoms with van der Waals surface area (Å²) in [5, 5.41) is 0. The molecule has 1 aliphatic carbocycles. The Labute approximate surface area is 126 Å². The third-order valence-corrected chi connectivity index (χ3v) is 3.93. The number of rotatable bonds is 2. The van der Waals surface area contributed by atoms with Crippen molar-refractivity contribution < 1.29 is 9.53 Å². The van der Waals surface area contributed by atoms with Crippen LogP contribution >= 0.6 is 15.9 Å². The average molecular weight is 332 g/mol. The lowest BCUT2D eigenvalue weighted by Crippen LogP contribution is -2.17. The van der Waals surface area contributed by atoms with Crippen LogP contribution in [0.4, 0.5) is 0 Å². The zero-order valence-electron chi connectivity index (χ0n) is 10.9. The van der Waals surface area contributed by atoms with Gasteiger partial charge in [0.2, 0.25) is 0 Å². The molecule has 3 nitrogen and oxygen atoms in total. The Morgan fingerprint density at radius 1 is 1.20 bits per heavy atom. The molecule has 2 aromatic rings. The standard InChI is InChI=1S/C16H14BrNO2/c17-15-10-4-8-13(18-15)16(19)20-14-9-3-6-11-5-1-2-7-12(11)14/h1-2,4-5,7-8,10,14H,3,6,9H2. The number of esters is 1. The number of carbonyl (C=O) groups excluding carboxylic acids is 1. The van der Waals surface area contributed by atoms with Crippen LogP contribution in [0.25, 0.3) is 0 Å². The third-order valence-electron chi connectivity index (χ3n) is 3.49. The molecule has 102 valence electrons. The van der Waals surface area contributed by atoms with Gasteiger partial charge in [0, 0.05) is 0 Å². The minimum absolute atomic E-state index is 0.159. The highest BCUT2D eigenvalue weighted by Crippen LogP contribution is 2.32. The van der Waals surface area contributed by atoms with Crippen LogP contribution in [0, 0.1) is 0 Å². The van der Waals surface area contributed by atoms with Gasteiger partial charge in [0.1, 0.15) is 16.4 Å². The summed E-state index contributed by atoms with van der Waals surface area (Å²) in [6.07, 6.45) is 2.81. The molecule has 0 amide bonds. The van der Waals surface area contributed by atoms with E-state index in [0.29, 0.717) is 10.3 Å². The SMILES string of the molecule is O=C(OC1CCCc2ccccc21)c1cccc(Br)n1. The number of carbonyl (C=O) groups is 1. The van der Waals surface area contributed by atoms with E-state index in [4.69, 9.17) is 4.74 Å². The lowest BCUT2D eigenvalue weighted by Gasteiger charge is -2.25. The molecular formula is C16H14BrNO2. The van der Waals surface area contributed by atoms with Crippen LogP contribution in [0.15, 0.2) is 47.1 Å². The monoisotopic (exact) mass is 331 g/mol. The number of fused-ring (bicyclic) bond motifs is 1. The van der Waals surface area contributed by atoms with E-state index in [1.54, 1.807) is 18.2 Å². The Hall–Kier alpha value is -1.68. The largest absolute Gasteiger partial charge is 0.453 e. The number of pyridine rings is 1. The highest BCUT2D eigenvalue weighted by atomic mass is 79.9. The van der Waals surface area contributed by atoms with E-state index in [-0.39, 0.29) is 12.1 Å². The fourth-order valence-electron chi connectivity index (χ4n) is 2.54. The number of hydrogen-bond acceptors (Lipinski definition) is 3. The number of ether oxygens (including phenoxy) is 1. The Morgan fingerprint density at radius 2 is 2.05 bits per heavy atom. The van der Waals surface area contributed by atoms with Crippen molar-refractivity contribution in [2.75, 3.05) is 0 Å². The Bertz CT molecular complexity index is 642. The van der Waals surface area contributed by atoms with Gasteiger partial charge in [0.25, 0.3) is 0 Å². The highest BCUT2D eigenvalue weighted by molar-refractivity contribution is 9.10. The molecule has 3 rings (SSSR count). The van der Waals surface area contributed by atoms with Gasteiger partial charge in [0.15, 0.2) is 0 Å². The van der Waals surface area contributed by atoms with E-state index >= 15 is 0 Å². The highest BCUT2D eigenvalue weighted by Gasteiger charge is 2.24. The lowest BCUT2D eigenvalue weighted by atomic mass is 9.89. The Morgan fingerprint density at radius 3 is 2.90 bits per heavy atom. The molecule has 0 fully saturated rings. The molecule has 0 aliphatic heterocycles. The van der Waals surface area contributed by atoms with Crippen LogP contribution in [0.2, 0.25) is 0 Å². The molecule has 0 spiro atoms. The van der Waals surface area contributed by atoms with Crippen LogP contribution in [0.5, 0.6) is 0 Å². The maximum absolute atomic E-state index is 12.2. The van der Waals surface area contributed by atoms with Crippen molar-refractivity contribution in [1.29, 1.82) is 0 Å². The molecule has 0 bridgehead atoms. The van der Waals surface area contributed by atoms with E-state index in [9.17, 15) is 4.79 Å². The van der Waals surface area contributed by atoms with Gasteiger partial charge in [-0.3, -0.25) is 0 Å². The zero-order chi connectivity index (χ0) is 13.9. The molecule has 1 aliphatic rings. The predicted octanol–water partition coefficient (Wildman–Crippen LogP) is 4.08. The number of nitrogens with zero attached hydrogens (tertiary/aromatic N) is 1. The second-order valence-corrected chi connectivity index (χ2v) is 5.64. The first-order valence-corrected chi connectivity index (χ1v) is 7.44. The number of hydrogen-bond donors (Lipinski definition) is 0. The molecular weight excluding hydrogens is 318 g/mol. The van der Waals surface area contributed by atoms with Gasteiger partial charge in [-0.05, 0) is 58.5 Å². The molecule has 1 unspecified atom stereocenters. The molecule has 1 aromatic carbocycles. The molecule has 0 saturated carbocycles. The zero-order valence-corrected chi connectivity index (χ0v) is 12.5. The Kier molecular flexibility index (Phi) is 3.83. The molecule has 1 aromatic heterocycles. The summed E-state index contributed by atoms with van der Waals surface area (Å²) in [4.78, 5) is 16.3. The van der Waals surface area contributed by atoms with Crippen LogP contribution in [-0.2, 0) is 11.2 Å². The second-order valence-electron chi connectivity index (χ2n) is 4.83. The van der Waals surface area contributed by atoms with Gasteiger partial charge in [-0.1, -0.05) is 30.3 Å². The Balaban J connectivity index is 1.81. The van der Waals surface area contributed by atoms with Crippen molar-refractivity contribution >= 4 is 21.9 Å². The number of benzene rings is 1. The number of halogens is 1. The fraction of sp³-hybridized carbons (Fsp3) is 0.250. The lowest BCUT2D eigenvalue weighted by molar-refractivity contribution is 0.0249. The van der Waals surface area contributed by atoms with Crippen molar-refractivity contribution in [2.45, 2.75) is 25.4 Å². The van der Waals surface area contributed by atoms with Crippen LogP contribution < -0.4 is 0 Å². The summed E-state index contributed by atoms with van der Waals surface area (Å²) < 4.78 is 6.27. The summed E-state index contributed by atoms with van der Waals surface area (Å²) in [6, 6.07) is 13.4. The van der Waals surface area contributed by atoms with Gasteiger partial charge in [0.05, 0.1) is 0 Å². The van der Waals surface area contributed by atoms with Crippen molar-refractivity contribution in [2.24, 2.45) is 0 Å². The quantitative estimate of drug-likeness (QED) is 0.614. The summed E-state index contributed by atoms with van der Waals surface area (Å²) >= 11 is 3.26. The fourth-order valence-corrected chi connectivity index (χ4v) is 2.89. The van der Waals surface area contributed by atoms with Crippen molar-refractivity contribution in [3.8, 4) is 0 Å². The predicted molar refractivity (Wildman–Crippen MR) is 79.5 cm³/mol. The van der Waals surface area contributed by atoms with E-state index in [2.05, 4.69) is 27.0 Å². The summed E-state index contributed by atoms with van der Waals surface area (Å²) in [6.45, 7) is 0. The molecule has 0 N–H and O–H groups in total. The van der Waals surface area contributed by atoms with Gasteiger partial charge in [-0.15, -0.1) is 0 Å². The summed E-state index contributed by atoms with van der Waals surface area (Å²) in [7, 11) is 0. The van der Waals surface area contributed by atoms with Gasteiger partial charge in [-0.2, -0.15) is 0 Å². The smallest absolute Gasteiger partial charge is 0.357 e. The average Bonchev–Trinajstić information content (AvgIpc) is 2.47. The van der Waals surface area contributed by atoms with Gasteiger partial charge >= 0.3 is 5.97 Å². The molecule has 20 heavy (non-hydrogen) atoms. The first-order chi connectivity index (χ1) is 9.74. The minimum atomic E-state index is -0.368. The second kappa shape index (κ2) is 5.75. The number of aryl methyl sites for hydroxylation is 1. The van der Waals surface area contributed by atoms with E-state index < -0.39 is 0 Å². The number of aromatic nitrogens is 1. The van der Waals surface area contributed by atoms with Crippen LogP contribution in [0.3, 0.4) is 0 Å². The third kappa shape index (κ3) is 2.75. The van der Waals surface area contributed by atoms with Gasteiger partial charge < -0.3 is 4.74 Å². The van der Waals surface area contributed by atoms with E-state index in [1.807, 2.05) is 18.2 Å². The first-order valence-electron chi connectivity index (χ1n) is 6.65. The van der Waals surface area contributed by atoms with E-state index in [1.165, 1.54) is 5.56 Å². The van der Waals surface area contributed by atoms with E-state index in [0.717, 1.165) is 24.8 Å². The molecule has 0 saturated heterocycles. The topological polar surface area (TPSA) is 39.2 Å².